The Kier molecular flexibility index (Phi) is 5.96. The summed E-state index contributed by atoms with van der Waals surface area (Å²) in [7, 11) is 0. The number of hydrogen-bond acceptors (Lipinski definition) is 9. The summed E-state index contributed by atoms with van der Waals surface area (Å²) < 4.78 is 14.7. The number of aliphatic hydroxyl groups excluding tert-OH is 2. The van der Waals surface area contributed by atoms with E-state index in [1.54, 1.807) is 17.2 Å². The molecule has 0 aliphatic carbocycles. The molecule has 0 radical (unpaired) electrons. The van der Waals surface area contributed by atoms with E-state index in [1.807, 2.05) is 25.4 Å². The zero-order chi connectivity index (χ0) is 24.9. The van der Waals surface area contributed by atoms with Crippen LogP contribution in [0.3, 0.4) is 0 Å². The van der Waals surface area contributed by atoms with Gasteiger partial charge >= 0.3 is 0 Å². The Hall–Kier alpha value is -3.11. The van der Waals surface area contributed by atoms with E-state index in [1.165, 1.54) is 6.92 Å². The summed E-state index contributed by atoms with van der Waals surface area (Å²) in [6.45, 7) is 8.72. The van der Waals surface area contributed by atoms with Crippen LogP contribution in [0, 0.1) is 0 Å². The molecule has 35 heavy (non-hydrogen) atoms. The highest BCUT2D eigenvalue weighted by atomic mass is 19.1. The van der Waals surface area contributed by atoms with Crippen molar-refractivity contribution < 1.29 is 14.6 Å². The fourth-order valence-corrected chi connectivity index (χ4v) is 4.78. The van der Waals surface area contributed by atoms with Gasteiger partial charge in [0.1, 0.15) is 17.5 Å². The van der Waals surface area contributed by atoms with Gasteiger partial charge in [0.05, 0.1) is 24.8 Å². The number of nitrogens with one attached hydrogen (secondary N) is 1. The molecule has 0 spiro atoms. The van der Waals surface area contributed by atoms with Gasteiger partial charge in [-0.15, -0.1) is 0 Å². The summed E-state index contributed by atoms with van der Waals surface area (Å²) in [6, 6.07) is 3.75. The van der Waals surface area contributed by atoms with Gasteiger partial charge in [0.15, 0.2) is 5.67 Å². The van der Waals surface area contributed by atoms with Gasteiger partial charge in [-0.1, -0.05) is 13.8 Å². The van der Waals surface area contributed by atoms with Crippen LogP contribution in [0.2, 0.25) is 0 Å². The predicted octanol–water partition coefficient (Wildman–Crippen LogP) is 3.16. The van der Waals surface area contributed by atoms with Crippen molar-refractivity contribution in [3.8, 4) is 0 Å². The van der Waals surface area contributed by atoms with E-state index in [-0.39, 0.29) is 24.6 Å². The van der Waals surface area contributed by atoms with Crippen LogP contribution >= 0.6 is 0 Å². The van der Waals surface area contributed by atoms with Crippen LogP contribution in [-0.4, -0.2) is 73.7 Å². The van der Waals surface area contributed by atoms with Gasteiger partial charge in [-0.2, -0.15) is 4.98 Å². The van der Waals surface area contributed by atoms with Gasteiger partial charge in [0.25, 0.3) is 0 Å². The third-order valence-corrected chi connectivity index (χ3v) is 7.16. The predicted molar refractivity (Wildman–Crippen MR) is 134 cm³/mol. The third-order valence-electron chi connectivity index (χ3n) is 7.16. The maximum atomic E-state index is 14.7. The summed E-state index contributed by atoms with van der Waals surface area (Å²) in [5.41, 5.74) is -0.603. The molecule has 0 unspecified atom stereocenters. The Balaban J connectivity index is 1.44. The van der Waals surface area contributed by atoms with Crippen LogP contribution in [0.25, 0.3) is 10.8 Å². The third kappa shape index (κ3) is 4.36. The smallest absolute Gasteiger partial charge is 0.227 e. The molecule has 3 aromatic rings. The molecule has 0 saturated carbocycles. The van der Waals surface area contributed by atoms with E-state index in [0.29, 0.717) is 37.1 Å². The Morgan fingerprint density at radius 3 is 2.63 bits per heavy atom. The van der Waals surface area contributed by atoms with E-state index in [4.69, 9.17) is 4.98 Å². The SMILES string of the molecule is CC(C)c1cnc(N2C[C@H](O)[C@@H]2C)c2cnc(Nc3ccnc(N4CC[C@@H](O)[C@@](C)(F)C4)n3)cc12. The van der Waals surface area contributed by atoms with Gasteiger partial charge in [-0.05, 0) is 49.3 Å². The summed E-state index contributed by atoms with van der Waals surface area (Å²) >= 11 is 0. The van der Waals surface area contributed by atoms with Crippen molar-refractivity contribution in [3.63, 3.8) is 0 Å². The molecule has 3 N–H and O–H groups in total. The first-order valence-corrected chi connectivity index (χ1v) is 12.1. The second-order valence-corrected chi connectivity index (χ2v) is 10.1. The highest BCUT2D eigenvalue weighted by Gasteiger charge is 2.40. The van der Waals surface area contributed by atoms with Crippen molar-refractivity contribution >= 4 is 34.2 Å². The van der Waals surface area contributed by atoms with Gasteiger partial charge in [-0.25, -0.2) is 19.3 Å². The molecule has 5 heterocycles. The molecule has 9 nitrogen and oxygen atoms in total. The fourth-order valence-electron chi connectivity index (χ4n) is 4.78. The molecule has 0 bridgehead atoms. The standard InChI is InChI=1S/C25H32FN7O2/c1-14(2)17-10-29-23(33-12-19(34)15(33)3)18-11-28-22(9-16(17)18)30-21-5-7-27-24(31-21)32-8-6-20(35)25(4,26)13-32/h5,7,9-11,14-15,19-20,34-35H,6,8,12-13H2,1-4H3,(H,27,28,30,31)/t15-,19-,20+,25-/m0/s1. The Labute approximate surface area is 204 Å². The fraction of sp³-hybridized carbons (Fsp3) is 0.520. The van der Waals surface area contributed by atoms with E-state index in [9.17, 15) is 14.6 Å². The first kappa shape index (κ1) is 23.6. The lowest BCUT2D eigenvalue weighted by Crippen LogP contribution is -2.59. The molecule has 2 aliphatic heterocycles. The number of halogens is 1. The molecule has 4 atom stereocenters. The summed E-state index contributed by atoms with van der Waals surface area (Å²) in [6.07, 6.45) is 4.33. The van der Waals surface area contributed by atoms with Crippen molar-refractivity contribution in [2.75, 3.05) is 34.8 Å². The summed E-state index contributed by atoms with van der Waals surface area (Å²) in [5, 5.41) is 25.1. The number of alkyl halides is 1. The zero-order valence-electron chi connectivity index (χ0n) is 20.5. The topological polar surface area (TPSA) is 111 Å². The van der Waals surface area contributed by atoms with E-state index >= 15 is 0 Å². The lowest BCUT2D eigenvalue weighted by Gasteiger charge is -2.44. The lowest BCUT2D eigenvalue weighted by molar-refractivity contribution is -0.00860. The molecule has 0 amide bonds. The number of aliphatic hydroxyl groups is 2. The number of hydrogen-bond donors (Lipinski definition) is 3. The monoisotopic (exact) mass is 481 g/mol. The molecule has 2 fully saturated rings. The summed E-state index contributed by atoms with van der Waals surface area (Å²) in [5.74, 6) is 2.68. The molecule has 186 valence electrons. The maximum absolute atomic E-state index is 14.7. The van der Waals surface area contributed by atoms with Gasteiger partial charge in [0, 0.05) is 37.1 Å². The van der Waals surface area contributed by atoms with Crippen molar-refractivity contribution in [2.45, 2.75) is 64.0 Å². The summed E-state index contributed by atoms with van der Waals surface area (Å²) in [4.78, 5) is 22.1. The first-order chi connectivity index (χ1) is 16.6. The van der Waals surface area contributed by atoms with Gasteiger partial charge in [0.2, 0.25) is 5.95 Å². The Bertz CT molecular complexity index is 1240. The number of β-amino-alcohol motifs (C(OH)–C–C–N with tert-alkyl or cyclic N) is 1. The molecule has 3 aromatic heterocycles. The minimum absolute atomic E-state index is 0.00918. The molecule has 2 saturated heterocycles. The van der Waals surface area contributed by atoms with Gasteiger partial charge < -0.3 is 25.3 Å². The maximum Gasteiger partial charge on any atom is 0.227 e. The number of rotatable bonds is 5. The van der Waals surface area contributed by atoms with Crippen LogP contribution < -0.4 is 15.1 Å². The highest BCUT2D eigenvalue weighted by Crippen LogP contribution is 2.36. The molecule has 10 heteroatoms. The minimum Gasteiger partial charge on any atom is -0.390 e. The van der Waals surface area contributed by atoms with E-state index < -0.39 is 11.8 Å². The van der Waals surface area contributed by atoms with Crippen LogP contribution in [0.4, 0.5) is 27.8 Å². The van der Waals surface area contributed by atoms with Crippen LogP contribution in [0.5, 0.6) is 0 Å². The van der Waals surface area contributed by atoms with Crippen LogP contribution in [-0.2, 0) is 0 Å². The van der Waals surface area contributed by atoms with Crippen molar-refractivity contribution in [3.05, 3.63) is 36.3 Å². The first-order valence-electron chi connectivity index (χ1n) is 12.1. The largest absolute Gasteiger partial charge is 0.390 e. The molecule has 0 aromatic carbocycles. The van der Waals surface area contributed by atoms with Gasteiger partial charge in [-0.3, -0.25) is 0 Å². The minimum atomic E-state index is -1.71. The normalized spacial score (nSPS) is 26.8. The zero-order valence-corrected chi connectivity index (χ0v) is 20.5. The second-order valence-electron chi connectivity index (χ2n) is 10.1. The molecular weight excluding hydrogens is 449 g/mol. The average molecular weight is 482 g/mol. The number of aromatic nitrogens is 4. The molecule has 5 rings (SSSR count). The Morgan fingerprint density at radius 1 is 1.14 bits per heavy atom. The lowest BCUT2D eigenvalue weighted by atomic mass is 9.94. The highest BCUT2D eigenvalue weighted by molar-refractivity contribution is 5.96. The van der Waals surface area contributed by atoms with Crippen LogP contribution in [0.1, 0.15) is 45.6 Å². The van der Waals surface area contributed by atoms with E-state index in [0.717, 1.165) is 22.2 Å². The molecular formula is C25H32FN7O2. The average Bonchev–Trinajstić information content (AvgIpc) is 2.83. The van der Waals surface area contributed by atoms with Crippen molar-refractivity contribution in [1.82, 2.24) is 19.9 Å². The Morgan fingerprint density at radius 2 is 1.94 bits per heavy atom. The second kappa shape index (κ2) is 8.83. The number of piperidine rings is 1. The van der Waals surface area contributed by atoms with Crippen LogP contribution in [0.15, 0.2) is 30.7 Å². The number of fused-ring (bicyclic) bond motifs is 1. The van der Waals surface area contributed by atoms with E-state index in [2.05, 4.69) is 39.0 Å². The number of nitrogens with zero attached hydrogens (tertiary/aromatic N) is 6. The number of anilines is 4. The quantitative estimate of drug-likeness (QED) is 0.506. The number of pyridine rings is 2. The molecule has 2 aliphatic rings. The van der Waals surface area contributed by atoms with Crippen molar-refractivity contribution in [2.24, 2.45) is 0 Å². The van der Waals surface area contributed by atoms with Crippen molar-refractivity contribution in [1.29, 1.82) is 0 Å².